The summed E-state index contributed by atoms with van der Waals surface area (Å²) in [5, 5.41) is 41.0. The van der Waals surface area contributed by atoms with Crippen molar-refractivity contribution in [1.82, 2.24) is 59.7 Å². The number of phenolic OH excluding ortho intramolecular Hbond substituents is 1. The van der Waals surface area contributed by atoms with Crippen LogP contribution in [0.2, 0.25) is 0 Å². The lowest BCUT2D eigenvalue weighted by molar-refractivity contribution is -0.136. The number of fused-ring (bicyclic) bond motifs is 1. The summed E-state index contributed by atoms with van der Waals surface area (Å²) < 4.78 is 19.8. The van der Waals surface area contributed by atoms with Gasteiger partial charge in [0, 0.05) is 76.5 Å². The van der Waals surface area contributed by atoms with Gasteiger partial charge in [-0.15, -0.1) is 29.0 Å². The molecule has 8 rings (SSSR count). The number of para-hydroxylation sites is 1. The summed E-state index contributed by atoms with van der Waals surface area (Å²) in [5.74, 6) is 3.63. The highest BCUT2D eigenvalue weighted by atomic mass is 35.5. The first-order valence-corrected chi connectivity index (χ1v) is 25.8. The van der Waals surface area contributed by atoms with Crippen molar-refractivity contribution in [3.8, 4) is 18.1 Å². The lowest BCUT2D eigenvalue weighted by Crippen LogP contribution is -2.52. The van der Waals surface area contributed by atoms with Crippen LogP contribution in [-0.2, 0) is 36.6 Å². The number of carbonyl (C=O) groups excluding carboxylic acids is 2. The van der Waals surface area contributed by atoms with Crippen molar-refractivity contribution < 1.29 is 34.0 Å². The third kappa shape index (κ3) is 15.8. The first-order chi connectivity index (χ1) is 37.1. The first kappa shape index (κ1) is 57.7. The number of rotatable bonds is 28. The van der Waals surface area contributed by atoms with Gasteiger partial charge in [-0.2, -0.15) is 15.0 Å². The van der Waals surface area contributed by atoms with E-state index in [1.165, 1.54) is 0 Å². The number of anilines is 3. The Bertz CT molecular complexity index is 2780. The van der Waals surface area contributed by atoms with E-state index >= 15 is 0 Å². The Labute approximate surface area is 453 Å². The number of benzene rings is 2. The van der Waals surface area contributed by atoms with Crippen molar-refractivity contribution in [2.24, 2.45) is 17.2 Å². The Balaban J connectivity index is 0.00000861. The number of terminal acetylenes is 1. The largest absolute Gasteiger partial charge is 0.508 e. The number of phenols is 1. The van der Waals surface area contributed by atoms with Crippen LogP contribution in [0.1, 0.15) is 66.1 Å². The predicted molar refractivity (Wildman–Crippen MR) is 290 cm³/mol. The quantitative estimate of drug-likeness (QED) is 0.0268. The minimum Gasteiger partial charge on any atom is -0.508 e. The van der Waals surface area contributed by atoms with Gasteiger partial charge in [-0.1, -0.05) is 46.7 Å². The molecule has 25 nitrogen and oxygen atoms in total. The van der Waals surface area contributed by atoms with Gasteiger partial charge < -0.3 is 71.5 Å². The summed E-state index contributed by atoms with van der Waals surface area (Å²) in [6.45, 7) is 6.14. The fraction of sp³-hybridized carbons (Fsp3) is 0.510. The predicted octanol–water partition coefficient (Wildman–Crippen LogP) is 1.14. The van der Waals surface area contributed by atoms with Crippen LogP contribution in [0.25, 0.3) is 10.9 Å². The molecule has 2 aliphatic rings. The maximum Gasteiger partial charge on any atom is 0.248 e. The van der Waals surface area contributed by atoms with Crippen molar-refractivity contribution in [3.05, 3.63) is 89.6 Å². The number of aliphatic hydroxyl groups is 1. The van der Waals surface area contributed by atoms with E-state index in [4.69, 9.17) is 52.8 Å². The molecule has 2 aliphatic heterocycles. The second kappa shape index (κ2) is 28.9. The van der Waals surface area contributed by atoms with Gasteiger partial charge in [0.1, 0.15) is 30.1 Å². The highest BCUT2D eigenvalue weighted by Gasteiger charge is 2.34. The van der Waals surface area contributed by atoms with E-state index in [-0.39, 0.29) is 43.2 Å². The van der Waals surface area contributed by atoms with E-state index in [2.05, 4.69) is 42.9 Å². The van der Waals surface area contributed by atoms with Gasteiger partial charge in [0.15, 0.2) is 0 Å². The van der Waals surface area contributed by atoms with Crippen LogP contribution in [0.15, 0.2) is 67.0 Å². The number of hydrogen-bond acceptors (Lipinski definition) is 20. The van der Waals surface area contributed by atoms with Gasteiger partial charge in [0.25, 0.3) is 0 Å². The molecule has 2 aromatic carbocycles. The molecule has 0 spiro atoms. The highest BCUT2D eigenvalue weighted by molar-refractivity contribution is 5.85. The standard InChI is InChI=1S/C51H70N18O7.ClH/c1-2-24-74-26-28-76-29-27-75-25-15-55-49-57-50(66-20-16-64(17-21-66)47(72)45(9-5-6-14-52)68-34-44(61-62-68)41(54)35-70)59-51(58-49)67-22-18-65(19-23-67)48(73)46(32-38-31-37-7-3-4-8-42(37)56-38)69-33-43(60-63-69)40(53)30-36-10-12-39(71)13-11-36;/h1,3-4,7-8,10-13,31,33-34,40-41,45-46,56,70-71H,5-6,9,14-30,32,35,52-54H2,(H,55,57,58,59);1H/t40-,41-,45-,46-;/m0./s1. The minimum atomic E-state index is -0.729. The summed E-state index contributed by atoms with van der Waals surface area (Å²) >= 11 is 0. The number of aromatic amines is 1. The van der Waals surface area contributed by atoms with Crippen molar-refractivity contribution in [2.75, 3.05) is 127 Å². The molecule has 414 valence electrons. The lowest BCUT2D eigenvalue weighted by Gasteiger charge is -2.38. The van der Waals surface area contributed by atoms with Crippen molar-refractivity contribution in [1.29, 1.82) is 0 Å². The summed E-state index contributed by atoms with van der Waals surface area (Å²) in [6, 6.07) is 14.4. The number of halogens is 1. The second-order valence-corrected chi connectivity index (χ2v) is 18.7. The van der Waals surface area contributed by atoms with Crippen LogP contribution < -0.4 is 32.3 Å². The number of carbonyl (C=O) groups is 2. The average molecular weight is 1080 g/mol. The van der Waals surface area contributed by atoms with Gasteiger partial charge in [-0.05, 0) is 67.4 Å². The molecule has 2 saturated heterocycles. The number of aromatic nitrogens is 10. The Morgan fingerprint density at radius 1 is 0.740 bits per heavy atom. The number of unbranched alkanes of at least 4 members (excludes halogenated alkanes) is 1. The van der Waals surface area contributed by atoms with Crippen molar-refractivity contribution in [2.45, 2.75) is 56.3 Å². The maximum atomic E-state index is 14.8. The molecule has 0 aliphatic carbocycles. The zero-order chi connectivity index (χ0) is 53.2. The third-order valence-electron chi connectivity index (χ3n) is 13.4. The van der Waals surface area contributed by atoms with Crippen molar-refractivity contribution in [3.63, 3.8) is 0 Å². The van der Waals surface area contributed by atoms with Crippen LogP contribution >= 0.6 is 12.4 Å². The molecule has 0 bridgehead atoms. The zero-order valence-electron chi connectivity index (χ0n) is 43.2. The number of piperazine rings is 2. The molecule has 0 saturated carbocycles. The van der Waals surface area contributed by atoms with Crippen LogP contribution in [0.3, 0.4) is 0 Å². The molecule has 10 N–H and O–H groups in total. The normalized spacial score (nSPS) is 15.5. The number of aromatic hydroxyl groups is 1. The van der Waals surface area contributed by atoms with E-state index in [9.17, 15) is 19.8 Å². The molecule has 2 amide bonds. The SMILES string of the molecule is C#CCOCCOCCOCCNc1nc(N2CCN(C(=O)[C@H](CCCCN)n3cc([C@@H](N)CO)nn3)CC2)nc(N2CCN(C(=O)[C@H](Cc3cc4ccccc4[nH]3)n3cc([C@@H](N)Cc4ccc(O)cc4)nn3)CC2)n1.Cl. The molecular formula is C51H71ClN18O7. The van der Waals surface area contributed by atoms with Gasteiger partial charge in [-0.25, -0.2) is 9.36 Å². The van der Waals surface area contributed by atoms with E-state index in [1.54, 1.807) is 33.9 Å². The Hall–Kier alpha value is -7.02. The zero-order valence-corrected chi connectivity index (χ0v) is 44.0. The van der Waals surface area contributed by atoms with Gasteiger partial charge >= 0.3 is 0 Å². The van der Waals surface area contributed by atoms with E-state index in [1.807, 2.05) is 56.0 Å². The minimum absolute atomic E-state index is 0. The number of H-pyrrole nitrogens is 1. The molecule has 0 radical (unpaired) electrons. The fourth-order valence-electron chi connectivity index (χ4n) is 9.10. The van der Waals surface area contributed by atoms with E-state index < -0.39 is 24.2 Å². The summed E-state index contributed by atoms with van der Waals surface area (Å²) in [4.78, 5) is 54.9. The number of aliphatic hydroxyl groups excluding tert-OH is 1. The molecule has 6 heterocycles. The Kier molecular flexibility index (Phi) is 21.7. The molecular weight excluding hydrogens is 1010 g/mol. The van der Waals surface area contributed by atoms with Crippen molar-refractivity contribution >= 4 is 53.0 Å². The van der Waals surface area contributed by atoms with Crippen LogP contribution in [0.5, 0.6) is 5.75 Å². The van der Waals surface area contributed by atoms with E-state index in [0.29, 0.717) is 147 Å². The number of nitrogens with one attached hydrogen (secondary N) is 2. The maximum absolute atomic E-state index is 14.8. The van der Waals surface area contributed by atoms with E-state index in [0.717, 1.165) is 35.0 Å². The average Bonchev–Trinajstić information content (AvgIpc) is 4.25. The number of amides is 2. The summed E-state index contributed by atoms with van der Waals surface area (Å²) in [7, 11) is 0. The fourth-order valence-corrected chi connectivity index (χ4v) is 9.10. The van der Waals surface area contributed by atoms with Gasteiger partial charge in [0.05, 0.1) is 69.8 Å². The molecule has 0 unspecified atom stereocenters. The topological polar surface area (TPSA) is 321 Å². The number of hydrogen-bond donors (Lipinski definition) is 7. The van der Waals surface area contributed by atoms with Crippen LogP contribution in [0, 0.1) is 12.3 Å². The Morgan fingerprint density at radius 2 is 1.32 bits per heavy atom. The van der Waals surface area contributed by atoms with Gasteiger partial charge in [-0.3, -0.25) is 9.59 Å². The molecule has 77 heavy (non-hydrogen) atoms. The highest BCUT2D eigenvalue weighted by Crippen LogP contribution is 2.27. The summed E-state index contributed by atoms with van der Waals surface area (Å²) in [5.41, 5.74) is 22.2. The lowest BCUT2D eigenvalue weighted by atomic mass is 10.0. The molecule has 4 aromatic heterocycles. The second-order valence-electron chi connectivity index (χ2n) is 18.7. The molecule has 26 heteroatoms. The molecule has 4 atom stereocenters. The molecule has 6 aromatic rings. The van der Waals surface area contributed by atoms with Crippen LogP contribution in [-0.4, -0.2) is 193 Å². The monoisotopic (exact) mass is 1080 g/mol. The molecule has 2 fully saturated rings. The smallest absolute Gasteiger partial charge is 0.248 e. The number of nitrogens with zero attached hydrogens (tertiary/aromatic N) is 13. The number of nitrogens with two attached hydrogens (primary N) is 3. The summed E-state index contributed by atoms with van der Waals surface area (Å²) in [6.07, 6.45) is 11.4. The van der Waals surface area contributed by atoms with Gasteiger partial charge in [0.2, 0.25) is 29.7 Å². The first-order valence-electron chi connectivity index (χ1n) is 25.8. The van der Waals surface area contributed by atoms with Crippen LogP contribution in [0.4, 0.5) is 17.8 Å². The third-order valence-corrected chi connectivity index (χ3v) is 13.4. The number of ether oxygens (including phenoxy) is 3. The Morgan fingerprint density at radius 3 is 1.94 bits per heavy atom.